The zero-order valence-electron chi connectivity index (χ0n) is 7.82. The maximum Gasteiger partial charge on any atom is 0.407 e. The molecule has 70 valence electrons. The fourth-order valence-corrected chi connectivity index (χ4v) is 1.57. The zero-order valence-corrected chi connectivity index (χ0v) is 7.82. The first kappa shape index (κ1) is 9.32. The molecular weight excluding hydrogens is 156 g/mol. The van der Waals surface area contributed by atoms with E-state index < -0.39 is 6.09 Å². The molecule has 0 aromatic heterocycles. The predicted octanol–water partition coefficient (Wildman–Crippen LogP) is 0.689. The Balaban J connectivity index is 2.61. The van der Waals surface area contributed by atoms with E-state index in [0.29, 0.717) is 12.6 Å². The molecule has 1 rings (SSSR count). The predicted molar refractivity (Wildman–Crippen MR) is 46.3 cm³/mol. The smallest absolute Gasteiger partial charge is 0.407 e. The standard InChI is InChI=1S/C8H16N2O2/c1-6-5-10(8(11)12)7(2)4-9(6)3/h6-7H,4-5H2,1-3H3,(H,11,12). The normalized spacial score (nSPS) is 32.1. The van der Waals surface area contributed by atoms with E-state index in [0.717, 1.165) is 6.54 Å². The molecule has 1 fully saturated rings. The highest BCUT2D eigenvalue weighted by atomic mass is 16.4. The first-order chi connectivity index (χ1) is 5.52. The molecule has 1 amide bonds. The molecule has 1 aliphatic heterocycles. The van der Waals surface area contributed by atoms with Crippen LogP contribution in [0.4, 0.5) is 4.79 Å². The molecule has 1 heterocycles. The molecule has 0 bridgehead atoms. The second-order valence-corrected chi connectivity index (χ2v) is 3.57. The molecular formula is C8H16N2O2. The molecule has 2 atom stereocenters. The van der Waals surface area contributed by atoms with Crippen LogP contribution >= 0.6 is 0 Å². The highest BCUT2D eigenvalue weighted by Crippen LogP contribution is 2.12. The summed E-state index contributed by atoms with van der Waals surface area (Å²) in [5.41, 5.74) is 0. The van der Waals surface area contributed by atoms with Crippen molar-refractivity contribution in [2.24, 2.45) is 0 Å². The fraction of sp³-hybridized carbons (Fsp3) is 0.875. The average Bonchev–Trinajstić information content (AvgIpc) is 1.96. The minimum absolute atomic E-state index is 0.115. The number of carboxylic acid groups (broad SMARTS) is 1. The topological polar surface area (TPSA) is 43.8 Å². The molecule has 2 unspecified atom stereocenters. The third-order valence-electron chi connectivity index (χ3n) is 2.54. The van der Waals surface area contributed by atoms with Crippen molar-refractivity contribution in [3.63, 3.8) is 0 Å². The second kappa shape index (κ2) is 3.31. The van der Waals surface area contributed by atoms with E-state index in [1.165, 1.54) is 4.90 Å². The third-order valence-corrected chi connectivity index (χ3v) is 2.54. The number of carbonyl (C=O) groups is 1. The van der Waals surface area contributed by atoms with Crippen molar-refractivity contribution in [2.45, 2.75) is 25.9 Å². The van der Waals surface area contributed by atoms with Crippen molar-refractivity contribution in [1.29, 1.82) is 0 Å². The summed E-state index contributed by atoms with van der Waals surface area (Å²) in [7, 11) is 2.03. The lowest BCUT2D eigenvalue weighted by molar-refractivity contribution is 0.0573. The Kier molecular flexibility index (Phi) is 2.57. The molecule has 0 aromatic carbocycles. The second-order valence-electron chi connectivity index (χ2n) is 3.57. The van der Waals surface area contributed by atoms with Gasteiger partial charge in [0.25, 0.3) is 0 Å². The summed E-state index contributed by atoms with van der Waals surface area (Å²) < 4.78 is 0. The quantitative estimate of drug-likeness (QED) is 0.584. The number of likely N-dealkylation sites (N-methyl/N-ethyl adjacent to an activating group) is 1. The van der Waals surface area contributed by atoms with E-state index >= 15 is 0 Å². The summed E-state index contributed by atoms with van der Waals surface area (Å²) in [6.07, 6.45) is -0.803. The summed E-state index contributed by atoms with van der Waals surface area (Å²) in [6, 6.07) is 0.445. The van der Waals surface area contributed by atoms with E-state index in [1.807, 2.05) is 20.9 Å². The number of rotatable bonds is 0. The van der Waals surface area contributed by atoms with Gasteiger partial charge in [0.15, 0.2) is 0 Å². The summed E-state index contributed by atoms with van der Waals surface area (Å²) in [5.74, 6) is 0. The number of piperazine rings is 1. The number of hydrogen-bond acceptors (Lipinski definition) is 2. The number of nitrogens with zero attached hydrogens (tertiary/aromatic N) is 2. The maximum absolute atomic E-state index is 10.7. The summed E-state index contributed by atoms with van der Waals surface area (Å²) in [6.45, 7) is 5.43. The Morgan fingerprint density at radius 1 is 1.33 bits per heavy atom. The maximum atomic E-state index is 10.7. The summed E-state index contributed by atoms with van der Waals surface area (Å²) in [4.78, 5) is 14.4. The van der Waals surface area contributed by atoms with Crippen molar-refractivity contribution in [2.75, 3.05) is 20.1 Å². The van der Waals surface area contributed by atoms with Gasteiger partial charge in [0, 0.05) is 25.2 Å². The molecule has 1 N–H and O–H groups in total. The van der Waals surface area contributed by atoms with Gasteiger partial charge in [-0.1, -0.05) is 0 Å². The van der Waals surface area contributed by atoms with Crippen molar-refractivity contribution in [3.8, 4) is 0 Å². The lowest BCUT2D eigenvalue weighted by Gasteiger charge is -2.40. The fourth-order valence-electron chi connectivity index (χ4n) is 1.57. The van der Waals surface area contributed by atoms with Crippen LogP contribution in [0, 0.1) is 0 Å². The Morgan fingerprint density at radius 3 is 2.42 bits per heavy atom. The van der Waals surface area contributed by atoms with Gasteiger partial charge in [-0.05, 0) is 20.9 Å². The molecule has 0 aliphatic carbocycles. The van der Waals surface area contributed by atoms with Gasteiger partial charge in [0.2, 0.25) is 0 Å². The van der Waals surface area contributed by atoms with Gasteiger partial charge >= 0.3 is 6.09 Å². The van der Waals surface area contributed by atoms with Gasteiger partial charge < -0.3 is 10.0 Å². The highest BCUT2D eigenvalue weighted by Gasteiger charge is 2.29. The van der Waals surface area contributed by atoms with Gasteiger partial charge in [-0.25, -0.2) is 4.79 Å². The van der Waals surface area contributed by atoms with Crippen LogP contribution in [0.3, 0.4) is 0 Å². The number of amides is 1. The Hall–Kier alpha value is -0.770. The minimum atomic E-state index is -0.803. The lowest BCUT2D eigenvalue weighted by Crippen LogP contribution is -2.56. The van der Waals surface area contributed by atoms with E-state index in [9.17, 15) is 4.79 Å². The van der Waals surface area contributed by atoms with Crippen LogP contribution in [0.25, 0.3) is 0 Å². The molecule has 4 nitrogen and oxygen atoms in total. The monoisotopic (exact) mass is 172 g/mol. The van der Waals surface area contributed by atoms with Gasteiger partial charge in [-0.2, -0.15) is 0 Å². The van der Waals surface area contributed by atoms with Crippen LogP contribution in [-0.2, 0) is 0 Å². The van der Waals surface area contributed by atoms with Crippen molar-refractivity contribution in [3.05, 3.63) is 0 Å². The van der Waals surface area contributed by atoms with Crippen molar-refractivity contribution < 1.29 is 9.90 Å². The van der Waals surface area contributed by atoms with Crippen LogP contribution in [0.5, 0.6) is 0 Å². The van der Waals surface area contributed by atoms with E-state index in [-0.39, 0.29) is 6.04 Å². The third kappa shape index (κ3) is 1.69. The lowest BCUT2D eigenvalue weighted by atomic mass is 10.1. The van der Waals surface area contributed by atoms with Gasteiger partial charge in [0.05, 0.1) is 0 Å². The molecule has 0 aromatic rings. The molecule has 1 saturated heterocycles. The minimum Gasteiger partial charge on any atom is -0.465 e. The SMILES string of the molecule is CC1CN(C(=O)O)C(C)CN1C. The van der Waals surface area contributed by atoms with Gasteiger partial charge in [0.1, 0.15) is 0 Å². The summed E-state index contributed by atoms with van der Waals surface area (Å²) >= 11 is 0. The van der Waals surface area contributed by atoms with Gasteiger partial charge in [-0.15, -0.1) is 0 Å². The first-order valence-electron chi connectivity index (χ1n) is 4.22. The van der Waals surface area contributed by atoms with Crippen molar-refractivity contribution in [1.82, 2.24) is 9.80 Å². The van der Waals surface area contributed by atoms with Crippen LogP contribution in [-0.4, -0.2) is 53.2 Å². The highest BCUT2D eigenvalue weighted by molar-refractivity contribution is 5.65. The molecule has 12 heavy (non-hydrogen) atoms. The van der Waals surface area contributed by atoms with Crippen LogP contribution in [0.1, 0.15) is 13.8 Å². The van der Waals surface area contributed by atoms with E-state index in [2.05, 4.69) is 4.90 Å². The average molecular weight is 172 g/mol. The molecule has 1 aliphatic rings. The number of hydrogen-bond donors (Lipinski definition) is 1. The van der Waals surface area contributed by atoms with Crippen LogP contribution in [0.15, 0.2) is 0 Å². The largest absolute Gasteiger partial charge is 0.465 e. The first-order valence-corrected chi connectivity index (χ1v) is 4.22. The van der Waals surface area contributed by atoms with Crippen molar-refractivity contribution >= 4 is 6.09 Å². The summed E-state index contributed by atoms with van der Waals surface area (Å²) in [5, 5.41) is 8.82. The van der Waals surface area contributed by atoms with Crippen LogP contribution < -0.4 is 0 Å². The van der Waals surface area contributed by atoms with Crippen LogP contribution in [0.2, 0.25) is 0 Å². The van der Waals surface area contributed by atoms with Gasteiger partial charge in [-0.3, -0.25) is 4.90 Å². The Morgan fingerprint density at radius 2 is 1.92 bits per heavy atom. The van der Waals surface area contributed by atoms with E-state index in [4.69, 9.17) is 5.11 Å². The molecule has 4 heteroatoms. The zero-order chi connectivity index (χ0) is 9.30. The Bertz CT molecular complexity index is 184. The van der Waals surface area contributed by atoms with E-state index in [1.54, 1.807) is 0 Å². The Labute approximate surface area is 72.8 Å². The molecule has 0 spiro atoms. The molecule has 0 radical (unpaired) electrons. The molecule has 0 saturated carbocycles.